The lowest BCUT2D eigenvalue weighted by molar-refractivity contribution is -0.145. The van der Waals surface area contributed by atoms with Crippen LogP contribution < -0.4 is 11.1 Å². The second kappa shape index (κ2) is 3.42. The smallest absolute Gasteiger partial charge is 0.0857 e. The van der Waals surface area contributed by atoms with Crippen LogP contribution in [0, 0.1) is 0 Å². The van der Waals surface area contributed by atoms with Crippen molar-refractivity contribution in [2.45, 2.75) is 67.9 Å². The summed E-state index contributed by atoms with van der Waals surface area (Å²) in [5.74, 6) is 0. The number of rotatable bonds is 2. The average Bonchev–Trinajstić information content (AvgIpc) is 2.53. The van der Waals surface area contributed by atoms with Crippen LogP contribution >= 0.6 is 0 Å². The lowest BCUT2D eigenvalue weighted by Crippen LogP contribution is -2.72. The molecule has 92 valence electrons. The van der Waals surface area contributed by atoms with Gasteiger partial charge in [0.2, 0.25) is 0 Å². The first-order valence-electron chi connectivity index (χ1n) is 6.35. The molecule has 0 amide bonds. The Morgan fingerprint density at radius 1 is 1.19 bits per heavy atom. The molecule has 16 heavy (non-hydrogen) atoms. The van der Waals surface area contributed by atoms with E-state index < -0.39 is 11.1 Å². The largest absolute Gasteiger partial charge is 0.388 e. The van der Waals surface area contributed by atoms with Gasteiger partial charge in [0.25, 0.3) is 0 Å². The quantitative estimate of drug-likeness (QED) is 0.626. The Labute approximate surface area is 96.5 Å². The van der Waals surface area contributed by atoms with Crippen LogP contribution in [-0.4, -0.2) is 41.5 Å². The number of piperidine rings is 1. The molecular weight excluding hydrogens is 204 g/mol. The predicted molar refractivity (Wildman–Crippen MR) is 61.1 cm³/mol. The molecule has 0 aromatic heterocycles. The maximum absolute atomic E-state index is 10.8. The number of hydrogen-bond donors (Lipinski definition) is 3. The highest BCUT2D eigenvalue weighted by atomic mass is 16.5. The maximum Gasteiger partial charge on any atom is 0.0857 e. The minimum Gasteiger partial charge on any atom is -0.388 e. The van der Waals surface area contributed by atoms with Gasteiger partial charge in [0.15, 0.2) is 0 Å². The molecule has 3 aliphatic rings. The lowest BCUT2D eigenvalue weighted by Gasteiger charge is -2.56. The number of nitrogens with one attached hydrogen (secondary N) is 1. The standard InChI is InChI=1S/C12H22N2O2/c1-16-10-6-11(13,7-10)12(15)4-8-2-3-9(5-12)14-8/h8-10,14-15H,2-7,13H2,1H3. The normalized spacial score (nSPS) is 56.1. The fourth-order valence-electron chi connectivity index (χ4n) is 3.83. The number of ether oxygens (including phenoxy) is 1. The topological polar surface area (TPSA) is 67.5 Å². The molecule has 2 bridgehead atoms. The number of nitrogens with two attached hydrogens (primary N) is 1. The first-order chi connectivity index (χ1) is 7.55. The van der Waals surface area contributed by atoms with Gasteiger partial charge in [-0.05, 0) is 38.5 Å². The summed E-state index contributed by atoms with van der Waals surface area (Å²) in [5, 5.41) is 14.4. The van der Waals surface area contributed by atoms with E-state index in [2.05, 4.69) is 5.32 Å². The Balaban J connectivity index is 1.74. The van der Waals surface area contributed by atoms with Crippen LogP contribution in [0.5, 0.6) is 0 Å². The predicted octanol–water partition coefficient (Wildman–Crippen LogP) is 0.138. The van der Waals surface area contributed by atoms with E-state index in [9.17, 15) is 5.11 Å². The Hall–Kier alpha value is -0.160. The van der Waals surface area contributed by atoms with Gasteiger partial charge in [0.1, 0.15) is 0 Å². The second-order valence-electron chi connectivity index (χ2n) is 6.00. The van der Waals surface area contributed by atoms with Gasteiger partial charge in [-0.15, -0.1) is 0 Å². The van der Waals surface area contributed by atoms with Crippen LogP contribution in [0.25, 0.3) is 0 Å². The zero-order valence-corrected chi connectivity index (χ0v) is 9.91. The van der Waals surface area contributed by atoms with Crippen molar-refractivity contribution in [3.05, 3.63) is 0 Å². The van der Waals surface area contributed by atoms with Crippen LogP contribution in [0.2, 0.25) is 0 Å². The van der Waals surface area contributed by atoms with E-state index in [1.165, 1.54) is 12.8 Å². The molecule has 2 saturated heterocycles. The van der Waals surface area contributed by atoms with Crippen molar-refractivity contribution in [1.29, 1.82) is 0 Å². The van der Waals surface area contributed by atoms with Crippen molar-refractivity contribution >= 4 is 0 Å². The van der Waals surface area contributed by atoms with E-state index >= 15 is 0 Å². The molecule has 4 N–H and O–H groups in total. The third-order valence-electron chi connectivity index (χ3n) is 4.95. The monoisotopic (exact) mass is 226 g/mol. The highest BCUT2D eigenvalue weighted by molar-refractivity contribution is 5.17. The number of fused-ring (bicyclic) bond motifs is 2. The van der Waals surface area contributed by atoms with E-state index in [1.807, 2.05) is 0 Å². The molecule has 0 aromatic rings. The van der Waals surface area contributed by atoms with Crippen molar-refractivity contribution in [3.63, 3.8) is 0 Å². The summed E-state index contributed by atoms with van der Waals surface area (Å²) >= 11 is 0. The van der Waals surface area contributed by atoms with Gasteiger partial charge in [-0.2, -0.15) is 0 Å². The molecule has 2 heterocycles. The van der Waals surface area contributed by atoms with E-state index in [-0.39, 0.29) is 6.10 Å². The molecule has 1 aliphatic carbocycles. The minimum atomic E-state index is -0.668. The summed E-state index contributed by atoms with van der Waals surface area (Å²) in [7, 11) is 1.72. The first-order valence-corrected chi connectivity index (χ1v) is 6.35. The molecule has 0 aromatic carbocycles. The van der Waals surface area contributed by atoms with Crippen molar-refractivity contribution in [3.8, 4) is 0 Å². The van der Waals surface area contributed by atoms with E-state index in [4.69, 9.17) is 10.5 Å². The van der Waals surface area contributed by atoms with Crippen molar-refractivity contribution in [1.82, 2.24) is 5.32 Å². The number of hydrogen-bond acceptors (Lipinski definition) is 4. The van der Waals surface area contributed by atoms with Gasteiger partial charge in [0, 0.05) is 24.7 Å². The van der Waals surface area contributed by atoms with Crippen LogP contribution in [0.4, 0.5) is 0 Å². The van der Waals surface area contributed by atoms with E-state index in [1.54, 1.807) is 7.11 Å². The molecule has 2 atom stereocenters. The van der Waals surface area contributed by atoms with Gasteiger partial charge in [-0.3, -0.25) is 0 Å². The SMILES string of the molecule is COC1CC(N)(C2(O)CC3CCC(C2)N3)C1. The Kier molecular flexibility index (Phi) is 2.34. The molecule has 2 unspecified atom stereocenters. The number of methoxy groups -OCH3 is 1. The summed E-state index contributed by atoms with van der Waals surface area (Å²) in [6, 6.07) is 0.955. The van der Waals surface area contributed by atoms with E-state index in [0.29, 0.717) is 12.1 Å². The molecule has 3 rings (SSSR count). The molecule has 3 fully saturated rings. The minimum absolute atomic E-state index is 0.251. The third-order valence-corrected chi connectivity index (χ3v) is 4.95. The summed E-state index contributed by atoms with van der Waals surface area (Å²) in [6.07, 6.45) is 5.88. The average molecular weight is 226 g/mol. The Morgan fingerprint density at radius 3 is 2.25 bits per heavy atom. The Bertz CT molecular complexity index is 277. The molecule has 0 radical (unpaired) electrons. The lowest BCUT2D eigenvalue weighted by atomic mass is 9.60. The van der Waals surface area contributed by atoms with Gasteiger partial charge < -0.3 is 20.9 Å². The molecule has 4 nitrogen and oxygen atoms in total. The van der Waals surface area contributed by atoms with Crippen molar-refractivity contribution < 1.29 is 9.84 Å². The van der Waals surface area contributed by atoms with Crippen LogP contribution in [-0.2, 0) is 4.74 Å². The Morgan fingerprint density at radius 2 is 1.75 bits per heavy atom. The van der Waals surface area contributed by atoms with Gasteiger partial charge >= 0.3 is 0 Å². The molecule has 4 heteroatoms. The highest BCUT2D eigenvalue weighted by Gasteiger charge is 2.59. The van der Waals surface area contributed by atoms with Gasteiger partial charge in [-0.25, -0.2) is 0 Å². The summed E-state index contributed by atoms with van der Waals surface area (Å²) in [4.78, 5) is 0. The van der Waals surface area contributed by atoms with Gasteiger partial charge in [0.05, 0.1) is 11.7 Å². The van der Waals surface area contributed by atoms with E-state index in [0.717, 1.165) is 25.7 Å². The summed E-state index contributed by atoms with van der Waals surface area (Å²) in [6.45, 7) is 0. The van der Waals surface area contributed by atoms with Gasteiger partial charge in [-0.1, -0.05) is 0 Å². The summed E-state index contributed by atoms with van der Waals surface area (Å²) in [5.41, 5.74) is 5.30. The summed E-state index contributed by atoms with van der Waals surface area (Å²) < 4.78 is 5.28. The second-order valence-corrected chi connectivity index (χ2v) is 6.00. The maximum atomic E-state index is 10.8. The number of aliphatic hydroxyl groups is 1. The van der Waals surface area contributed by atoms with Crippen molar-refractivity contribution in [2.24, 2.45) is 5.73 Å². The highest BCUT2D eigenvalue weighted by Crippen LogP contribution is 2.48. The van der Waals surface area contributed by atoms with Crippen LogP contribution in [0.1, 0.15) is 38.5 Å². The fourth-order valence-corrected chi connectivity index (χ4v) is 3.83. The zero-order valence-electron chi connectivity index (χ0n) is 9.91. The first kappa shape index (κ1) is 11.0. The molecular formula is C12H22N2O2. The van der Waals surface area contributed by atoms with Crippen LogP contribution in [0.15, 0.2) is 0 Å². The zero-order chi connectivity index (χ0) is 11.4. The molecule has 1 saturated carbocycles. The van der Waals surface area contributed by atoms with Crippen LogP contribution in [0.3, 0.4) is 0 Å². The molecule has 2 aliphatic heterocycles. The molecule has 0 spiro atoms. The fraction of sp³-hybridized carbons (Fsp3) is 1.00. The van der Waals surface area contributed by atoms with Crippen molar-refractivity contribution in [2.75, 3.05) is 7.11 Å². The third kappa shape index (κ3) is 1.44.